The van der Waals surface area contributed by atoms with E-state index in [1.807, 2.05) is 16.3 Å². The number of hydrogen-bond donors (Lipinski definition) is 9. The van der Waals surface area contributed by atoms with Gasteiger partial charge in [0.25, 0.3) is 5.91 Å². The maximum Gasteiger partial charge on any atom is 0.326 e. The summed E-state index contributed by atoms with van der Waals surface area (Å²) in [6.07, 6.45) is 16.6. The van der Waals surface area contributed by atoms with Crippen molar-refractivity contribution in [1.82, 2.24) is 26.1 Å². The molecule has 81 heavy (non-hydrogen) atoms. The van der Waals surface area contributed by atoms with Crippen molar-refractivity contribution < 1.29 is 97.3 Å². The number of carbonyl (C=O) groups excluding carboxylic acids is 7. The van der Waals surface area contributed by atoms with E-state index < -0.39 is 84.3 Å². The van der Waals surface area contributed by atoms with E-state index in [0.717, 1.165) is 51.4 Å². The van der Waals surface area contributed by atoms with E-state index in [-0.39, 0.29) is 135 Å². The molecule has 0 saturated carbocycles. The van der Waals surface area contributed by atoms with Crippen LogP contribution in [-0.4, -0.2) is 173 Å². The van der Waals surface area contributed by atoms with Crippen LogP contribution < -0.4 is 21.3 Å². The van der Waals surface area contributed by atoms with Crippen LogP contribution in [0, 0.1) is 11.8 Å². The number of hydrogen-bond acceptors (Lipinski definition) is 16. The van der Waals surface area contributed by atoms with Gasteiger partial charge in [0.2, 0.25) is 23.6 Å². The lowest BCUT2D eigenvalue weighted by Crippen LogP contribution is -2.42. The summed E-state index contributed by atoms with van der Waals surface area (Å²) >= 11 is 0. The number of hydroxylamine groups is 1. The van der Waals surface area contributed by atoms with Gasteiger partial charge < -0.3 is 60.6 Å². The van der Waals surface area contributed by atoms with Gasteiger partial charge in [0.05, 0.1) is 39.0 Å². The molecular formula is C55H96N5O20P. The molecule has 0 aliphatic carbocycles. The number of Topliss-reactive ketones (excluding diaryl/α,β-unsaturated/α-hetero) is 2. The third-order valence-electron chi connectivity index (χ3n) is 13.1. The molecular weight excluding hydrogens is 1080 g/mol. The topological polar surface area (TPSA) is 377 Å². The maximum atomic E-state index is 12.5. The lowest BCUT2D eigenvalue weighted by atomic mass is 9.97. The van der Waals surface area contributed by atoms with Crippen molar-refractivity contribution in [2.24, 2.45) is 11.8 Å². The molecule has 0 aliphatic heterocycles. The minimum Gasteiger partial charge on any atom is -0.481 e. The normalized spacial score (nSPS) is 12.6. The highest BCUT2D eigenvalue weighted by molar-refractivity contribution is 7.14. The summed E-state index contributed by atoms with van der Waals surface area (Å²) in [5, 5.41) is 56.8. The third kappa shape index (κ3) is 46.0. The fraction of sp³-hybridized carbons (Fsp3) is 0.800. The molecule has 0 saturated heterocycles. The summed E-state index contributed by atoms with van der Waals surface area (Å²) < 4.78 is 21.4. The first-order valence-electron chi connectivity index (χ1n) is 28.9. The summed E-state index contributed by atoms with van der Waals surface area (Å²) in [5.41, 5.74) is 0. The highest BCUT2D eigenvalue weighted by Crippen LogP contribution is 2.18. The molecule has 0 spiro atoms. The number of ketones is 2. The molecule has 5 amide bonds. The van der Waals surface area contributed by atoms with E-state index in [1.165, 1.54) is 32.1 Å². The minimum atomic E-state index is -1.41. The number of unbranched alkanes of at least 4 members (excludes halogenated alkanes) is 14. The average molecular weight is 1180 g/mol. The Morgan fingerprint density at radius 2 is 0.901 bits per heavy atom. The molecule has 0 aromatic carbocycles. The number of rotatable bonds is 57. The van der Waals surface area contributed by atoms with Crippen LogP contribution in [0.5, 0.6) is 0 Å². The first-order valence-corrected chi connectivity index (χ1v) is 29.4. The van der Waals surface area contributed by atoms with Crippen molar-refractivity contribution in [2.45, 2.75) is 205 Å². The van der Waals surface area contributed by atoms with Crippen LogP contribution in [-0.2, 0) is 71.7 Å². The van der Waals surface area contributed by atoms with Crippen molar-refractivity contribution in [2.75, 3.05) is 65.9 Å². The van der Waals surface area contributed by atoms with Gasteiger partial charge in [-0.2, -0.15) is 0 Å². The molecule has 5 atom stereocenters. The fourth-order valence-corrected chi connectivity index (χ4v) is 8.60. The Kier molecular flexibility index (Phi) is 47.3. The Hall–Kier alpha value is -5.20. The Bertz CT molecular complexity index is 1840. The number of aliphatic carboxylic acids is 4. The summed E-state index contributed by atoms with van der Waals surface area (Å²) in [6.45, 7) is 2.36. The van der Waals surface area contributed by atoms with Crippen LogP contribution in [0.15, 0.2) is 0 Å². The van der Waals surface area contributed by atoms with Crippen molar-refractivity contribution in [3.63, 3.8) is 0 Å². The van der Waals surface area contributed by atoms with E-state index in [4.69, 9.17) is 24.1 Å². The monoisotopic (exact) mass is 1180 g/mol. The van der Waals surface area contributed by atoms with E-state index in [1.54, 1.807) is 0 Å². The van der Waals surface area contributed by atoms with Gasteiger partial charge in [-0.3, -0.25) is 48.4 Å². The second-order valence-electron chi connectivity index (χ2n) is 20.1. The van der Waals surface area contributed by atoms with Crippen molar-refractivity contribution in [3.05, 3.63) is 0 Å². The molecule has 0 rings (SSSR count). The van der Waals surface area contributed by atoms with Gasteiger partial charge >= 0.3 is 23.9 Å². The van der Waals surface area contributed by atoms with Gasteiger partial charge in [0.1, 0.15) is 31.1 Å². The smallest absolute Gasteiger partial charge is 0.326 e. The number of carboxylic acid groups (broad SMARTS) is 4. The first kappa shape index (κ1) is 75.8. The number of nitrogens with one attached hydrogen (secondary N) is 4. The van der Waals surface area contributed by atoms with Crippen molar-refractivity contribution in [3.8, 4) is 0 Å². The third-order valence-corrected chi connectivity index (χ3v) is 13.4. The highest BCUT2D eigenvalue weighted by atomic mass is 31.0. The number of carbonyl (C=O) groups is 11. The number of amides is 5. The van der Waals surface area contributed by atoms with Crippen LogP contribution in [0.1, 0.15) is 193 Å². The molecule has 25 nitrogen and oxygen atoms in total. The Morgan fingerprint density at radius 1 is 0.420 bits per heavy atom. The van der Waals surface area contributed by atoms with Gasteiger partial charge in [-0.1, -0.05) is 90.4 Å². The number of nitrogens with zero attached hydrogens (tertiary/aromatic N) is 1. The zero-order valence-corrected chi connectivity index (χ0v) is 48.9. The van der Waals surface area contributed by atoms with Gasteiger partial charge in [-0.15, -0.1) is 0 Å². The van der Waals surface area contributed by atoms with Gasteiger partial charge in [-0.25, -0.2) is 14.4 Å². The molecule has 9 N–H and O–H groups in total. The van der Waals surface area contributed by atoms with E-state index in [2.05, 4.69) is 21.3 Å². The van der Waals surface area contributed by atoms with E-state index in [9.17, 15) is 73.3 Å². The number of ether oxygens (including phenoxy) is 4. The molecule has 0 fully saturated rings. The molecule has 466 valence electrons. The van der Waals surface area contributed by atoms with Gasteiger partial charge in [-0.05, 0) is 67.2 Å². The van der Waals surface area contributed by atoms with Crippen molar-refractivity contribution in [1.29, 1.82) is 0 Å². The maximum absolute atomic E-state index is 12.5. The number of carboxylic acids is 4. The first-order chi connectivity index (χ1) is 38.8. The summed E-state index contributed by atoms with van der Waals surface area (Å²) in [7, 11) is 1.90. The fourth-order valence-electron chi connectivity index (χ4n) is 8.39. The summed E-state index contributed by atoms with van der Waals surface area (Å²) in [6, 6.07) is -2.55. The van der Waals surface area contributed by atoms with Gasteiger partial charge in [0, 0.05) is 70.6 Å². The minimum absolute atomic E-state index is 0.00257. The zero-order valence-electron chi connectivity index (χ0n) is 47.8. The Morgan fingerprint density at radius 3 is 1.43 bits per heavy atom. The predicted molar refractivity (Wildman–Crippen MR) is 299 cm³/mol. The molecule has 0 bridgehead atoms. The zero-order chi connectivity index (χ0) is 60.5. The van der Waals surface area contributed by atoms with Gasteiger partial charge in [0.15, 0.2) is 5.78 Å². The van der Waals surface area contributed by atoms with Crippen LogP contribution in [0.3, 0.4) is 0 Å². The van der Waals surface area contributed by atoms with E-state index in [0.29, 0.717) is 43.4 Å². The largest absolute Gasteiger partial charge is 0.481 e. The molecule has 1 unspecified atom stereocenters. The lowest BCUT2D eigenvalue weighted by Gasteiger charge is -2.17. The Balaban J connectivity index is 3.99. The molecule has 0 heterocycles. The average Bonchev–Trinajstić information content (AvgIpc) is 3.41. The Labute approximate surface area is 479 Å². The SMILES string of the molecule is CC[C@@H](CCCCNC(=O)CC[C@H](NC(=O)CC[C@H](CC(=O)COCCOCCNC(=O)COCCOCCCC(=O)CC[C@H](NC(=O)CCCCCCCCCCCCCCCCC(=O)O)C(=O)O)C(=O)O)C(=O)O)C(=O)N(O)P. The lowest BCUT2D eigenvalue weighted by molar-refractivity contribution is -0.150. The molecule has 26 heteroatoms. The van der Waals surface area contributed by atoms with Crippen LogP contribution in [0.25, 0.3) is 0 Å². The highest BCUT2D eigenvalue weighted by Gasteiger charge is 2.26. The second kappa shape index (κ2) is 50.5. The van der Waals surface area contributed by atoms with Crippen LogP contribution in [0.2, 0.25) is 0 Å². The molecule has 0 radical (unpaired) electrons. The van der Waals surface area contributed by atoms with Crippen LogP contribution in [0.4, 0.5) is 0 Å². The molecule has 0 aliphatic rings. The van der Waals surface area contributed by atoms with Crippen molar-refractivity contribution >= 4 is 74.4 Å². The van der Waals surface area contributed by atoms with E-state index >= 15 is 0 Å². The standard InChI is InChI=1S/C55H96N5O20P/c1-2-41(52(69)60(76)81)20-17-18-30-56-47(63)29-27-46(55(74)75)59-49(65)28-24-42(53(70)71)38-44(62)39-79-36-35-78-33-31-57-50(66)40-80-37-34-77-32-19-21-43(61)25-26-45(54(72)73)58-48(64)22-15-13-11-9-7-5-3-4-6-8-10-12-14-16-23-51(67)68/h41-42,45-46,76H,2-40,81H2,1H3,(H,56,63)(H,57,66)(H,58,64)(H,59,65)(H,67,68)(H,70,71)(H,72,73)(H,74,75)/t41-,42+,45-,46-/m0/s1. The van der Waals surface area contributed by atoms with Crippen LogP contribution >= 0.6 is 9.39 Å². The molecule has 0 aromatic heterocycles. The quantitative estimate of drug-likeness (QED) is 0.0161. The summed E-state index contributed by atoms with van der Waals surface area (Å²) in [4.78, 5) is 132. The second-order valence-corrected chi connectivity index (χ2v) is 20.6. The molecule has 0 aromatic rings. The summed E-state index contributed by atoms with van der Waals surface area (Å²) in [5.74, 6) is -9.26. The predicted octanol–water partition coefficient (Wildman–Crippen LogP) is 5.30.